The normalized spacial score (nSPS) is 20.6. The van der Waals surface area contributed by atoms with Crippen LogP contribution < -0.4 is 5.32 Å². The molecular formula is C10H20N2O2. The Bertz CT molecular complexity index is 158. The van der Waals surface area contributed by atoms with Crippen molar-refractivity contribution in [2.45, 2.75) is 44.2 Å². The Morgan fingerprint density at radius 2 is 2.14 bits per heavy atom. The maximum atomic E-state index is 10.4. The summed E-state index contributed by atoms with van der Waals surface area (Å²) in [5.41, 5.74) is 0. The summed E-state index contributed by atoms with van der Waals surface area (Å²) in [4.78, 5) is 10.4. The van der Waals surface area contributed by atoms with E-state index in [0.29, 0.717) is 19.2 Å². The van der Waals surface area contributed by atoms with Crippen molar-refractivity contribution in [1.82, 2.24) is 5.32 Å². The standard InChI is InChI=1S/C10H20N2O2/c1-14-8-10(12-13)7-11-9-5-3-2-4-6-9/h9-11H,2-8H2,1H3. The first-order valence-electron chi connectivity index (χ1n) is 5.41. The molecular weight excluding hydrogens is 180 g/mol. The zero-order valence-corrected chi connectivity index (χ0v) is 8.87. The molecule has 1 N–H and O–H groups in total. The van der Waals surface area contributed by atoms with Gasteiger partial charge < -0.3 is 10.1 Å². The predicted octanol–water partition coefficient (Wildman–Crippen LogP) is 1.69. The Kier molecular flexibility index (Phi) is 5.71. The van der Waals surface area contributed by atoms with Crippen molar-refractivity contribution in [3.8, 4) is 0 Å². The highest BCUT2D eigenvalue weighted by Gasteiger charge is 2.15. The fourth-order valence-corrected chi connectivity index (χ4v) is 1.93. The number of ether oxygens (including phenoxy) is 1. The second-order valence-corrected chi connectivity index (χ2v) is 3.96. The van der Waals surface area contributed by atoms with Crippen LogP contribution in [0.25, 0.3) is 0 Å². The van der Waals surface area contributed by atoms with E-state index in [1.807, 2.05) is 0 Å². The van der Waals surface area contributed by atoms with Crippen LogP contribution in [0.4, 0.5) is 0 Å². The number of nitroso groups, excluding NO2 is 1. The van der Waals surface area contributed by atoms with Gasteiger partial charge in [0.1, 0.15) is 6.04 Å². The van der Waals surface area contributed by atoms with Crippen molar-refractivity contribution < 1.29 is 4.74 Å². The maximum absolute atomic E-state index is 10.4. The molecule has 0 radical (unpaired) electrons. The molecule has 4 heteroatoms. The number of nitrogens with zero attached hydrogens (tertiary/aromatic N) is 1. The van der Waals surface area contributed by atoms with Crippen molar-refractivity contribution in [1.29, 1.82) is 0 Å². The van der Waals surface area contributed by atoms with Crippen molar-refractivity contribution in [2.75, 3.05) is 20.3 Å². The molecule has 1 saturated carbocycles. The highest BCUT2D eigenvalue weighted by atomic mass is 16.5. The molecule has 1 atom stereocenters. The second kappa shape index (κ2) is 6.90. The fraction of sp³-hybridized carbons (Fsp3) is 1.00. The molecule has 82 valence electrons. The van der Waals surface area contributed by atoms with Gasteiger partial charge >= 0.3 is 0 Å². The minimum atomic E-state index is -0.234. The van der Waals surface area contributed by atoms with E-state index in [1.54, 1.807) is 7.11 Å². The largest absolute Gasteiger partial charge is 0.382 e. The lowest BCUT2D eigenvalue weighted by Crippen LogP contribution is -2.37. The molecule has 4 nitrogen and oxygen atoms in total. The van der Waals surface area contributed by atoms with E-state index in [-0.39, 0.29) is 6.04 Å². The van der Waals surface area contributed by atoms with Crippen molar-refractivity contribution in [2.24, 2.45) is 5.18 Å². The van der Waals surface area contributed by atoms with Crippen LogP contribution in [0, 0.1) is 4.91 Å². The fourth-order valence-electron chi connectivity index (χ4n) is 1.93. The summed E-state index contributed by atoms with van der Waals surface area (Å²) in [6.45, 7) is 1.07. The lowest BCUT2D eigenvalue weighted by molar-refractivity contribution is 0.176. The summed E-state index contributed by atoms with van der Waals surface area (Å²) in [5.74, 6) is 0. The molecule has 1 rings (SSSR count). The highest BCUT2D eigenvalue weighted by Crippen LogP contribution is 2.17. The Hall–Kier alpha value is -0.480. The molecule has 0 aromatic rings. The SMILES string of the molecule is COCC(CNC1CCCCC1)N=O. The Morgan fingerprint density at radius 3 is 2.71 bits per heavy atom. The molecule has 14 heavy (non-hydrogen) atoms. The van der Waals surface area contributed by atoms with E-state index in [9.17, 15) is 4.91 Å². The van der Waals surface area contributed by atoms with Crippen LogP contribution in [0.15, 0.2) is 5.18 Å². The number of methoxy groups -OCH3 is 1. The highest BCUT2D eigenvalue weighted by molar-refractivity contribution is 4.76. The van der Waals surface area contributed by atoms with Crippen LogP contribution >= 0.6 is 0 Å². The summed E-state index contributed by atoms with van der Waals surface area (Å²) >= 11 is 0. The van der Waals surface area contributed by atoms with E-state index in [0.717, 1.165) is 0 Å². The molecule has 0 amide bonds. The van der Waals surface area contributed by atoms with Gasteiger partial charge in [0.15, 0.2) is 0 Å². The summed E-state index contributed by atoms with van der Waals surface area (Å²) in [6.07, 6.45) is 6.44. The van der Waals surface area contributed by atoms with Gasteiger partial charge in [-0.05, 0) is 12.8 Å². The number of rotatable bonds is 6. The van der Waals surface area contributed by atoms with Gasteiger partial charge in [-0.25, -0.2) is 0 Å². The molecule has 1 aliphatic rings. The lowest BCUT2D eigenvalue weighted by Gasteiger charge is -2.23. The summed E-state index contributed by atoms with van der Waals surface area (Å²) in [5, 5.41) is 6.41. The van der Waals surface area contributed by atoms with Crippen molar-refractivity contribution >= 4 is 0 Å². The van der Waals surface area contributed by atoms with Crippen LogP contribution in [0.5, 0.6) is 0 Å². The van der Waals surface area contributed by atoms with E-state index in [4.69, 9.17) is 4.74 Å². The number of hydrogen-bond donors (Lipinski definition) is 1. The van der Waals surface area contributed by atoms with E-state index in [1.165, 1.54) is 32.1 Å². The first-order chi connectivity index (χ1) is 6.86. The third-order valence-electron chi connectivity index (χ3n) is 2.76. The quantitative estimate of drug-likeness (QED) is 0.664. The Morgan fingerprint density at radius 1 is 1.43 bits per heavy atom. The molecule has 1 unspecified atom stereocenters. The second-order valence-electron chi connectivity index (χ2n) is 3.96. The van der Waals surface area contributed by atoms with Crippen molar-refractivity contribution in [3.05, 3.63) is 4.91 Å². The summed E-state index contributed by atoms with van der Waals surface area (Å²) in [6, 6.07) is 0.354. The predicted molar refractivity (Wildman–Crippen MR) is 56.3 cm³/mol. The molecule has 0 aromatic heterocycles. The van der Waals surface area contributed by atoms with Gasteiger partial charge in [-0.3, -0.25) is 0 Å². The minimum Gasteiger partial charge on any atom is -0.382 e. The molecule has 0 spiro atoms. The first kappa shape index (κ1) is 11.6. The third-order valence-corrected chi connectivity index (χ3v) is 2.76. The van der Waals surface area contributed by atoms with Crippen LogP contribution in [0.2, 0.25) is 0 Å². The van der Waals surface area contributed by atoms with Gasteiger partial charge in [-0.2, -0.15) is 4.91 Å². The third kappa shape index (κ3) is 4.15. The van der Waals surface area contributed by atoms with Gasteiger partial charge in [0.2, 0.25) is 0 Å². The first-order valence-corrected chi connectivity index (χ1v) is 5.41. The molecule has 0 bridgehead atoms. The van der Waals surface area contributed by atoms with Gasteiger partial charge in [-0.15, -0.1) is 0 Å². The average Bonchev–Trinajstić information content (AvgIpc) is 2.25. The van der Waals surface area contributed by atoms with Crippen LogP contribution in [0.3, 0.4) is 0 Å². The summed E-state index contributed by atoms with van der Waals surface area (Å²) in [7, 11) is 1.60. The molecule has 0 aromatic carbocycles. The molecule has 1 aliphatic carbocycles. The Labute approximate surface area is 85.4 Å². The molecule has 1 fully saturated rings. The number of hydrogen-bond acceptors (Lipinski definition) is 4. The van der Waals surface area contributed by atoms with Crippen molar-refractivity contribution in [3.63, 3.8) is 0 Å². The van der Waals surface area contributed by atoms with Gasteiger partial charge in [-0.1, -0.05) is 24.4 Å². The van der Waals surface area contributed by atoms with Gasteiger partial charge in [0.25, 0.3) is 0 Å². The monoisotopic (exact) mass is 200 g/mol. The van der Waals surface area contributed by atoms with E-state index in [2.05, 4.69) is 10.5 Å². The minimum absolute atomic E-state index is 0.234. The average molecular weight is 200 g/mol. The zero-order chi connectivity index (χ0) is 10.2. The Balaban J connectivity index is 2.13. The molecule has 0 saturated heterocycles. The van der Waals surface area contributed by atoms with E-state index >= 15 is 0 Å². The van der Waals surface area contributed by atoms with Crippen LogP contribution in [-0.4, -0.2) is 32.3 Å². The molecule has 0 aliphatic heterocycles. The van der Waals surface area contributed by atoms with Crippen LogP contribution in [-0.2, 0) is 4.74 Å². The zero-order valence-electron chi connectivity index (χ0n) is 8.87. The van der Waals surface area contributed by atoms with Gasteiger partial charge in [0, 0.05) is 19.7 Å². The number of nitrogens with one attached hydrogen (secondary N) is 1. The van der Waals surface area contributed by atoms with Crippen LogP contribution in [0.1, 0.15) is 32.1 Å². The van der Waals surface area contributed by atoms with Gasteiger partial charge in [0.05, 0.1) is 6.61 Å². The smallest absolute Gasteiger partial charge is 0.128 e. The molecule has 0 heterocycles. The summed E-state index contributed by atoms with van der Waals surface area (Å²) < 4.78 is 4.90. The lowest BCUT2D eigenvalue weighted by atomic mass is 9.95. The van der Waals surface area contributed by atoms with E-state index < -0.39 is 0 Å². The topological polar surface area (TPSA) is 50.7 Å². The maximum Gasteiger partial charge on any atom is 0.128 e.